The van der Waals surface area contributed by atoms with Crippen molar-refractivity contribution in [2.75, 3.05) is 6.26 Å². The average molecular weight is 266 g/mol. The lowest BCUT2D eigenvalue weighted by atomic mass is 10.1. The number of rotatable bonds is 2. The Kier molecular flexibility index (Phi) is 3.22. The van der Waals surface area contributed by atoms with Gasteiger partial charge in [-0.15, -0.1) is 0 Å². The maximum atomic E-state index is 11.4. The van der Waals surface area contributed by atoms with E-state index in [2.05, 4.69) is 6.07 Å². The first-order chi connectivity index (χ1) is 7.98. The fourth-order valence-electron chi connectivity index (χ4n) is 1.52. The van der Waals surface area contributed by atoms with Crippen LogP contribution in [0.5, 0.6) is 0 Å². The number of benzene rings is 2. The van der Waals surface area contributed by atoms with Crippen molar-refractivity contribution in [2.24, 2.45) is 0 Å². The van der Waals surface area contributed by atoms with Crippen LogP contribution in [0, 0.1) is 6.07 Å². The molecule has 0 heterocycles. The molecule has 4 heteroatoms. The Morgan fingerprint density at radius 1 is 1.18 bits per heavy atom. The fraction of sp³-hybridized carbons (Fsp3) is 0.0769. The summed E-state index contributed by atoms with van der Waals surface area (Å²) in [6, 6.07) is 15.0. The molecule has 87 valence electrons. The Hall–Kier alpha value is -1.32. The van der Waals surface area contributed by atoms with Crippen molar-refractivity contribution in [1.82, 2.24) is 0 Å². The summed E-state index contributed by atoms with van der Waals surface area (Å²) < 4.78 is 22.9. The van der Waals surface area contributed by atoms with E-state index in [9.17, 15) is 8.42 Å². The summed E-state index contributed by atoms with van der Waals surface area (Å²) in [4.78, 5) is 0.176. The molecule has 2 aromatic rings. The van der Waals surface area contributed by atoms with Crippen LogP contribution in [0.25, 0.3) is 11.1 Å². The smallest absolute Gasteiger partial charge is 0.176 e. The standard InChI is InChI=1S/C13H10ClO2S/c1-17(15,16)11-6-4-5-10(9-11)12-7-2-3-8-13(12)14/h2-5,7-9H,1H3. The van der Waals surface area contributed by atoms with Gasteiger partial charge in [0.1, 0.15) is 0 Å². The van der Waals surface area contributed by atoms with Gasteiger partial charge in [0.2, 0.25) is 0 Å². The summed E-state index contributed by atoms with van der Waals surface area (Å²) in [5, 5.41) is 0.596. The Morgan fingerprint density at radius 2 is 1.88 bits per heavy atom. The lowest BCUT2D eigenvalue weighted by Gasteiger charge is -2.05. The molecular weight excluding hydrogens is 256 g/mol. The third-order valence-corrected chi connectivity index (χ3v) is 3.72. The highest BCUT2D eigenvalue weighted by Gasteiger charge is 2.09. The zero-order valence-electron chi connectivity index (χ0n) is 9.14. The Morgan fingerprint density at radius 3 is 2.53 bits per heavy atom. The van der Waals surface area contributed by atoms with E-state index in [4.69, 9.17) is 11.6 Å². The molecule has 0 aliphatic heterocycles. The molecule has 0 aliphatic rings. The number of hydrogen-bond acceptors (Lipinski definition) is 2. The second kappa shape index (κ2) is 4.51. The van der Waals surface area contributed by atoms with Gasteiger partial charge in [-0.05, 0) is 17.7 Å². The van der Waals surface area contributed by atoms with Crippen molar-refractivity contribution in [3.63, 3.8) is 0 Å². The minimum Gasteiger partial charge on any atom is -0.224 e. The van der Waals surface area contributed by atoms with E-state index in [0.717, 1.165) is 17.4 Å². The van der Waals surface area contributed by atoms with Crippen molar-refractivity contribution >= 4 is 21.4 Å². The van der Waals surface area contributed by atoms with Gasteiger partial charge in [0.25, 0.3) is 0 Å². The molecular formula is C13H10ClO2S. The van der Waals surface area contributed by atoms with Crippen molar-refractivity contribution in [1.29, 1.82) is 0 Å². The van der Waals surface area contributed by atoms with E-state index in [1.807, 2.05) is 18.2 Å². The van der Waals surface area contributed by atoms with Gasteiger partial charge >= 0.3 is 0 Å². The van der Waals surface area contributed by atoms with Crippen LogP contribution in [0.3, 0.4) is 0 Å². The Balaban J connectivity index is 2.59. The predicted molar refractivity (Wildman–Crippen MR) is 68.8 cm³/mol. The van der Waals surface area contributed by atoms with E-state index < -0.39 is 9.84 Å². The summed E-state index contributed by atoms with van der Waals surface area (Å²) in [7, 11) is -3.24. The molecule has 0 bridgehead atoms. The first kappa shape index (κ1) is 12.1. The van der Waals surface area contributed by atoms with Crippen molar-refractivity contribution < 1.29 is 8.42 Å². The zero-order chi connectivity index (χ0) is 12.5. The number of hydrogen-bond donors (Lipinski definition) is 0. The molecule has 0 N–H and O–H groups in total. The van der Waals surface area contributed by atoms with Gasteiger partial charge in [-0.3, -0.25) is 0 Å². The normalized spacial score (nSPS) is 11.4. The topological polar surface area (TPSA) is 34.1 Å². The van der Waals surface area contributed by atoms with Crippen LogP contribution in [0.15, 0.2) is 47.4 Å². The molecule has 0 spiro atoms. The monoisotopic (exact) mass is 265 g/mol. The summed E-state index contributed by atoms with van der Waals surface area (Å²) in [5.74, 6) is 0. The molecule has 0 atom stereocenters. The zero-order valence-corrected chi connectivity index (χ0v) is 10.7. The Labute approximate surface area is 106 Å². The van der Waals surface area contributed by atoms with Crippen LogP contribution in [0.4, 0.5) is 0 Å². The van der Waals surface area contributed by atoms with E-state index in [1.165, 1.54) is 0 Å². The third kappa shape index (κ3) is 2.68. The fourth-order valence-corrected chi connectivity index (χ4v) is 2.39. The molecule has 1 radical (unpaired) electrons. The van der Waals surface area contributed by atoms with Crippen LogP contribution < -0.4 is 0 Å². The molecule has 2 aromatic carbocycles. The average Bonchev–Trinajstić information content (AvgIpc) is 2.29. The lowest BCUT2D eigenvalue weighted by Crippen LogP contribution is -1.97. The van der Waals surface area contributed by atoms with E-state index >= 15 is 0 Å². The highest BCUT2D eigenvalue weighted by molar-refractivity contribution is 7.90. The third-order valence-electron chi connectivity index (χ3n) is 2.36. The molecule has 17 heavy (non-hydrogen) atoms. The Bertz CT molecular complexity index is 648. The SMILES string of the molecule is CS(=O)(=O)c1[c]ccc(-c2ccccc2Cl)c1. The van der Waals surface area contributed by atoms with Crippen LogP contribution in [-0.4, -0.2) is 14.7 Å². The molecule has 0 amide bonds. The predicted octanol–water partition coefficient (Wildman–Crippen LogP) is 3.21. The van der Waals surface area contributed by atoms with Gasteiger partial charge in [0, 0.05) is 22.9 Å². The quantitative estimate of drug-likeness (QED) is 0.836. The second-order valence-corrected chi connectivity index (χ2v) is 6.08. The van der Waals surface area contributed by atoms with Crippen LogP contribution in [-0.2, 0) is 9.84 Å². The van der Waals surface area contributed by atoms with Gasteiger partial charge < -0.3 is 0 Å². The lowest BCUT2D eigenvalue weighted by molar-refractivity contribution is 0.602. The van der Waals surface area contributed by atoms with Crippen molar-refractivity contribution in [2.45, 2.75) is 4.90 Å². The highest BCUT2D eigenvalue weighted by atomic mass is 35.5. The minimum absolute atomic E-state index is 0.176. The van der Waals surface area contributed by atoms with Gasteiger partial charge in [-0.2, -0.15) is 0 Å². The molecule has 0 aromatic heterocycles. The first-order valence-electron chi connectivity index (χ1n) is 4.95. The van der Waals surface area contributed by atoms with E-state index in [1.54, 1.807) is 24.3 Å². The minimum atomic E-state index is -3.24. The van der Waals surface area contributed by atoms with Crippen molar-refractivity contribution in [3.05, 3.63) is 53.6 Å². The van der Waals surface area contributed by atoms with Crippen molar-refractivity contribution in [3.8, 4) is 11.1 Å². The molecule has 0 saturated heterocycles. The summed E-state index contributed by atoms with van der Waals surface area (Å²) in [5.41, 5.74) is 1.59. The maximum absolute atomic E-state index is 11.4. The molecule has 2 rings (SSSR count). The maximum Gasteiger partial charge on any atom is 0.176 e. The van der Waals surface area contributed by atoms with Crippen LogP contribution in [0.1, 0.15) is 0 Å². The number of halogens is 1. The van der Waals surface area contributed by atoms with Crippen LogP contribution >= 0.6 is 11.6 Å². The van der Waals surface area contributed by atoms with E-state index in [-0.39, 0.29) is 4.90 Å². The second-order valence-electron chi connectivity index (χ2n) is 3.69. The van der Waals surface area contributed by atoms with Gasteiger partial charge in [0.05, 0.1) is 4.90 Å². The summed E-state index contributed by atoms with van der Waals surface area (Å²) >= 11 is 6.07. The molecule has 0 unspecified atom stereocenters. The summed E-state index contributed by atoms with van der Waals surface area (Å²) in [6.45, 7) is 0. The van der Waals surface area contributed by atoms with E-state index in [0.29, 0.717) is 5.02 Å². The first-order valence-corrected chi connectivity index (χ1v) is 7.22. The molecule has 0 aliphatic carbocycles. The van der Waals surface area contributed by atoms with Gasteiger partial charge in [0.15, 0.2) is 9.84 Å². The summed E-state index contributed by atoms with van der Waals surface area (Å²) in [6.07, 6.45) is 1.16. The van der Waals surface area contributed by atoms with Crippen LogP contribution in [0.2, 0.25) is 5.02 Å². The molecule has 0 fully saturated rings. The molecule has 0 saturated carbocycles. The van der Waals surface area contributed by atoms with Gasteiger partial charge in [-0.25, -0.2) is 8.42 Å². The highest BCUT2D eigenvalue weighted by Crippen LogP contribution is 2.28. The number of sulfone groups is 1. The largest absolute Gasteiger partial charge is 0.224 e. The molecule has 2 nitrogen and oxygen atoms in total. The van der Waals surface area contributed by atoms with Gasteiger partial charge in [-0.1, -0.05) is 41.9 Å².